The van der Waals surface area contributed by atoms with E-state index in [0.29, 0.717) is 12.5 Å². The van der Waals surface area contributed by atoms with Crippen LogP contribution in [0.4, 0.5) is 0 Å². The summed E-state index contributed by atoms with van der Waals surface area (Å²) in [6.45, 7) is 8.90. The van der Waals surface area contributed by atoms with Crippen molar-refractivity contribution < 1.29 is 9.53 Å². The lowest BCUT2D eigenvalue weighted by Gasteiger charge is -2.33. The minimum absolute atomic E-state index is 0.0710. The number of nitrogens with one attached hydrogen (secondary N) is 1. The molecule has 1 N–H and O–H groups in total. The Bertz CT molecular complexity index is 243. The molecule has 0 aromatic heterocycles. The van der Waals surface area contributed by atoms with Crippen LogP contribution < -0.4 is 5.32 Å². The van der Waals surface area contributed by atoms with Crippen molar-refractivity contribution in [2.75, 3.05) is 13.7 Å². The number of rotatable bonds is 5. The van der Waals surface area contributed by atoms with Gasteiger partial charge in [-0.25, -0.2) is 0 Å². The predicted molar refractivity (Wildman–Crippen MR) is 64.0 cm³/mol. The number of hydrogen-bond acceptors (Lipinski definition) is 3. The monoisotopic (exact) mass is 228 g/mol. The van der Waals surface area contributed by atoms with Crippen molar-refractivity contribution in [2.45, 2.75) is 52.4 Å². The summed E-state index contributed by atoms with van der Waals surface area (Å²) in [6.07, 6.45) is 1.07. The fourth-order valence-electron chi connectivity index (χ4n) is 2.28. The van der Waals surface area contributed by atoms with E-state index in [4.69, 9.17) is 4.74 Å². The quantitative estimate of drug-likeness (QED) is 0.769. The second-order valence-electron chi connectivity index (χ2n) is 4.84. The lowest BCUT2D eigenvalue weighted by Crippen LogP contribution is -2.48. The average Bonchev–Trinajstić information content (AvgIpc) is 2.53. The molecule has 0 aromatic rings. The van der Waals surface area contributed by atoms with Crippen LogP contribution in [0.25, 0.3) is 0 Å². The molecule has 1 aliphatic rings. The molecule has 4 nitrogen and oxygen atoms in total. The van der Waals surface area contributed by atoms with E-state index >= 15 is 0 Å². The topological polar surface area (TPSA) is 41.6 Å². The van der Waals surface area contributed by atoms with Crippen molar-refractivity contribution in [3.8, 4) is 0 Å². The van der Waals surface area contributed by atoms with Gasteiger partial charge in [-0.1, -0.05) is 20.8 Å². The van der Waals surface area contributed by atoms with E-state index in [1.807, 2.05) is 11.8 Å². The van der Waals surface area contributed by atoms with Crippen LogP contribution in [-0.4, -0.2) is 42.8 Å². The fraction of sp³-hybridized carbons (Fsp3) is 0.917. The Morgan fingerprint density at radius 1 is 1.50 bits per heavy atom. The molecule has 1 aliphatic heterocycles. The van der Waals surface area contributed by atoms with Gasteiger partial charge in [0, 0.05) is 7.11 Å². The maximum atomic E-state index is 12.1. The van der Waals surface area contributed by atoms with Crippen LogP contribution >= 0.6 is 0 Å². The summed E-state index contributed by atoms with van der Waals surface area (Å²) in [5, 5.41) is 3.35. The summed E-state index contributed by atoms with van der Waals surface area (Å²) in [5.74, 6) is 0.613. The minimum Gasteiger partial charge on any atom is -0.383 e. The first-order valence-corrected chi connectivity index (χ1v) is 6.10. The van der Waals surface area contributed by atoms with E-state index in [0.717, 1.165) is 6.42 Å². The number of methoxy groups -OCH3 is 1. The van der Waals surface area contributed by atoms with Gasteiger partial charge in [-0.05, 0) is 19.3 Å². The van der Waals surface area contributed by atoms with Crippen LogP contribution in [0.5, 0.6) is 0 Å². The minimum atomic E-state index is -0.0710. The van der Waals surface area contributed by atoms with Crippen molar-refractivity contribution in [3.05, 3.63) is 0 Å². The molecule has 0 aliphatic carbocycles. The maximum Gasteiger partial charge on any atom is 0.241 e. The number of carbonyl (C=O) groups excluding carboxylic acids is 1. The van der Waals surface area contributed by atoms with Crippen molar-refractivity contribution in [1.29, 1.82) is 0 Å². The van der Waals surface area contributed by atoms with Gasteiger partial charge in [0.15, 0.2) is 0 Å². The molecule has 4 heteroatoms. The molecular formula is C12H24N2O2. The Morgan fingerprint density at radius 2 is 2.12 bits per heavy atom. The van der Waals surface area contributed by atoms with Crippen molar-refractivity contribution >= 4 is 5.91 Å². The first kappa shape index (κ1) is 13.5. The summed E-state index contributed by atoms with van der Waals surface area (Å²) in [7, 11) is 1.68. The summed E-state index contributed by atoms with van der Waals surface area (Å²) in [6, 6.07) is 0.112. The lowest BCUT2D eigenvalue weighted by atomic mass is 10.1. The smallest absolute Gasteiger partial charge is 0.241 e. The van der Waals surface area contributed by atoms with Crippen LogP contribution in [0.15, 0.2) is 0 Å². The van der Waals surface area contributed by atoms with Crippen molar-refractivity contribution in [1.82, 2.24) is 10.2 Å². The third-order valence-electron chi connectivity index (χ3n) is 3.20. The maximum absolute atomic E-state index is 12.1. The molecule has 3 atom stereocenters. The van der Waals surface area contributed by atoms with E-state index in [1.54, 1.807) is 7.11 Å². The SMILES string of the molecule is CCC(COC)N1C(=O)C(C)NC1C(C)C. The van der Waals surface area contributed by atoms with Gasteiger partial charge in [0.25, 0.3) is 0 Å². The van der Waals surface area contributed by atoms with Crippen LogP contribution in [0, 0.1) is 5.92 Å². The number of amides is 1. The number of carbonyl (C=O) groups is 1. The first-order valence-electron chi connectivity index (χ1n) is 6.10. The Kier molecular flexibility index (Phi) is 4.74. The Morgan fingerprint density at radius 3 is 2.56 bits per heavy atom. The summed E-state index contributed by atoms with van der Waals surface area (Å²) >= 11 is 0. The predicted octanol–water partition coefficient (Wildman–Crippen LogP) is 1.21. The van der Waals surface area contributed by atoms with Gasteiger partial charge in [0.2, 0.25) is 5.91 Å². The van der Waals surface area contributed by atoms with E-state index in [-0.39, 0.29) is 24.2 Å². The van der Waals surface area contributed by atoms with Gasteiger partial charge in [-0.15, -0.1) is 0 Å². The largest absolute Gasteiger partial charge is 0.383 e. The van der Waals surface area contributed by atoms with Gasteiger partial charge in [-0.3, -0.25) is 10.1 Å². The molecule has 1 fully saturated rings. The molecule has 0 saturated carbocycles. The Balaban J connectivity index is 2.83. The highest BCUT2D eigenvalue weighted by molar-refractivity contribution is 5.84. The van der Waals surface area contributed by atoms with Crippen LogP contribution in [0.1, 0.15) is 34.1 Å². The molecule has 0 spiro atoms. The number of ether oxygens (including phenoxy) is 1. The third kappa shape index (κ3) is 2.55. The standard InChI is InChI=1S/C12H24N2O2/c1-6-10(7-16-5)14-11(8(2)3)13-9(4)12(14)15/h8-11,13H,6-7H2,1-5H3. The average molecular weight is 228 g/mol. The zero-order valence-electron chi connectivity index (χ0n) is 11.0. The van der Waals surface area contributed by atoms with E-state index in [9.17, 15) is 4.79 Å². The number of hydrogen-bond donors (Lipinski definition) is 1. The summed E-state index contributed by atoms with van der Waals surface area (Å²) in [5.41, 5.74) is 0. The highest BCUT2D eigenvalue weighted by Gasteiger charge is 2.40. The van der Waals surface area contributed by atoms with E-state index in [1.165, 1.54) is 0 Å². The van der Waals surface area contributed by atoms with Crippen LogP contribution in [0.2, 0.25) is 0 Å². The number of nitrogens with zero attached hydrogens (tertiary/aromatic N) is 1. The second-order valence-corrected chi connectivity index (χ2v) is 4.84. The van der Waals surface area contributed by atoms with E-state index in [2.05, 4.69) is 26.1 Å². The zero-order chi connectivity index (χ0) is 12.3. The second kappa shape index (κ2) is 5.64. The summed E-state index contributed by atoms with van der Waals surface area (Å²) in [4.78, 5) is 14.1. The van der Waals surface area contributed by atoms with Gasteiger partial charge in [0.05, 0.1) is 24.9 Å². The Labute approximate surface area is 98.3 Å². The van der Waals surface area contributed by atoms with Crippen LogP contribution in [-0.2, 0) is 9.53 Å². The zero-order valence-corrected chi connectivity index (χ0v) is 11.0. The fourth-order valence-corrected chi connectivity index (χ4v) is 2.28. The molecule has 1 saturated heterocycles. The molecule has 16 heavy (non-hydrogen) atoms. The first-order chi connectivity index (χ1) is 7.52. The molecule has 0 radical (unpaired) electrons. The highest BCUT2D eigenvalue weighted by Crippen LogP contribution is 2.21. The summed E-state index contributed by atoms with van der Waals surface area (Å²) < 4.78 is 5.20. The molecule has 3 unspecified atom stereocenters. The van der Waals surface area contributed by atoms with Gasteiger partial charge < -0.3 is 9.64 Å². The van der Waals surface area contributed by atoms with Crippen molar-refractivity contribution in [2.24, 2.45) is 5.92 Å². The molecule has 0 bridgehead atoms. The lowest BCUT2D eigenvalue weighted by molar-refractivity contribution is -0.134. The molecule has 1 heterocycles. The highest BCUT2D eigenvalue weighted by atomic mass is 16.5. The molecule has 0 aromatic carbocycles. The van der Waals surface area contributed by atoms with Gasteiger partial charge in [-0.2, -0.15) is 0 Å². The normalized spacial score (nSPS) is 27.9. The van der Waals surface area contributed by atoms with Gasteiger partial charge >= 0.3 is 0 Å². The molecule has 94 valence electrons. The molecular weight excluding hydrogens is 204 g/mol. The third-order valence-corrected chi connectivity index (χ3v) is 3.20. The van der Waals surface area contributed by atoms with Gasteiger partial charge in [0.1, 0.15) is 0 Å². The Hall–Kier alpha value is -0.610. The van der Waals surface area contributed by atoms with Crippen molar-refractivity contribution in [3.63, 3.8) is 0 Å². The molecule has 1 amide bonds. The van der Waals surface area contributed by atoms with Crippen LogP contribution in [0.3, 0.4) is 0 Å². The molecule has 1 rings (SSSR count). The van der Waals surface area contributed by atoms with E-state index < -0.39 is 0 Å².